The van der Waals surface area contributed by atoms with Gasteiger partial charge in [-0.1, -0.05) is 6.92 Å². The topological polar surface area (TPSA) is 73.5 Å². The lowest BCUT2D eigenvalue weighted by Gasteiger charge is -2.07. The van der Waals surface area contributed by atoms with Crippen LogP contribution in [0.2, 0.25) is 0 Å². The van der Waals surface area contributed by atoms with Crippen LogP contribution in [-0.2, 0) is 20.1 Å². The van der Waals surface area contributed by atoms with Crippen molar-refractivity contribution in [2.75, 3.05) is 5.32 Å². The number of aromatic nitrogens is 6. The lowest BCUT2D eigenvalue weighted by atomic mass is 10.2. The SMILES string of the molecule is CCCn1ncc(-c2ccnc(NCc3nc(C)c(C)n3C)n2)c1C. The first-order chi connectivity index (χ1) is 12.0. The fraction of sp³-hybridized carbons (Fsp3) is 0.444. The molecule has 0 spiro atoms. The molecule has 0 aliphatic carbocycles. The van der Waals surface area contributed by atoms with E-state index >= 15 is 0 Å². The molecule has 7 heteroatoms. The maximum Gasteiger partial charge on any atom is 0.223 e. The largest absolute Gasteiger partial charge is 0.347 e. The van der Waals surface area contributed by atoms with Gasteiger partial charge >= 0.3 is 0 Å². The van der Waals surface area contributed by atoms with E-state index < -0.39 is 0 Å². The summed E-state index contributed by atoms with van der Waals surface area (Å²) < 4.78 is 4.11. The maximum atomic E-state index is 4.64. The Morgan fingerprint density at radius 1 is 1.12 bits per heavy atom. The maximum absolute atomic E-state index is 4.64. The standard InChI is InChI=1S/C18H25N7/c1-6-9-25-14(4)15(10-21-25)16-7-8-19-18(23-16)20-11-17-22-12(2)13(3)24(17)5/h7-8,10H,6,9,11H2,1-5H3,(H,19,20,23). The highest BCUT2D eigenvalue weighted by Gasteiger charge is 2.11. The first-order valence-corrected chi connectivity index (χ1v) is 8.59. The Morgan fingerprint density at radius 3 is 2.60 bits per heavy atom. The van der Waals surface area contributed by atoms with Gasteiger partial charge in [0.05, 0.1) is 24.1 Å². The van der Waals surface area contributed by atoms with E-state index in [9.17, 15) is 0 Å². The number of hydrogen-bond acceptors (Lipinski definition) is 5. The van der Waals surface area contributed by atoms with E-state index in [1.807, 2.05) is 30.9 Å². The Balaban J connectivity index is 1.79. The van der Waals surface area contributed by atoms with Gasteiger partial charge in [0.25, 0.3) is 0 Å². The molecule has 0 aliphatic rings. The molecule has 0 bridgehead atoms. The van der Waals surface area contributed by atoms with Crippen molar-refractivity contribution in [2.45, 2.75) is 47.2 Å². The number of nitrogens with one attached hydrogen (secondary N) is 1. The molecular formula is C18H25N7. The van der Waals surface area contributed by atoms with Crippen LogP contribution in [0.1, 0.15) is 36.3 Å². The van der Waals surface area contributed by atoms with E-state index in [1.165, 1.54) is 5.69 Å². The van der Waals surface area contributed by atoms with Gasteiger partial charge in [0, 0.05) is 36.7 Å². The van der Waals surface area contributed by atoms with E-state index in [4.69, 9.17) is 0 Å². The van der Waals surface area contributed by atoms with Crippen LogP contribution in [0.4, 0.5) is 5.95 Å². The molecule has 0 atom stereocenters. The van der Waals surface area contributed by atoms with Gasteiger partial charge in [0.1, 0.15) is 5.82 Å². The third-order valence-corrected chi connectivity index (χ3v) is 4.59. The Labute approximate surface area is 148 Å². The zero-order chi connectivity index (χ0) is 18.0. The van der Waals surface area contributed by atoms with Gasteiger partial charge in [-0.25, -0.2) is 15.0 Å². The zero-order valence-corrected chi connectivity index (χ0v) is 15.5. The average Bonchev–Trinajstić information content (AvgIpc) is 3.09. The van der Waals surface area contributed by atoms with Crippen LogP contribution in [0.5, 0.6) is 0 Å². The summed E-state index contributed by atoms with van der Waals surface area (Å²) in [6.45, 7) is 9.82. The lowest BCUT2D eigenvalue weighted by Crippen LogP contribution is -2.09. The van der Waals surface area contributed by atoms with Gasteiger partial charge < -0.3 is 9.88 Å². The second kappa shape index (κ2) is 7.04. The lowest BCUT2D eigenvalue weighted by molar-refractivity contribution is 0.587. The molecular weight excluding hydrogens is 314 g/mol. The minimum atomic E-state index is 0.586. The fourth-order valence-electron chi connectivity index (χ4n) is 2.83. The van der Waals surface area contributed by atoms with Gasteiger partial charge in [0.2, 0.25) is 5.95 Å². The predicted octanol–water partition coefficient (Wildman–Crippen LogP) is 3.02. The normalized spacial score (nSPS) is 11.1. The van der Waals surface area contributed by atoms with Crippen molar-refractivity contribution in [3.8, 4) is 11.3 Å². The van der Waals surface area contributed by atoms with Gasteiger partial charge in [-0.3, -0.25) is 4.68 Å². The number of anilines is 1. The summed E-state index contributed by atoms with van der Waals surface area (Å²) in [5.41, 5.74) is 5.27. The minimum absolute atomic E-state index is 0.586. The highest BCUT2D eigenvalue weighted by Crippen LogP contribution is 2.22. The highest BCUT2D eigenvalue weighted by atomic mass is 15.3. The van der Waals surface area contributed by atoms with Crippen molar-refractivity contribution < 1.29 is 0 Å². The van der Waals surface area contributed by atoms with Crippen molar-refractivity contribution in [1.29, 1.82) is 0 Å². The Hall–Kier alpha value is -2.70. The number of imidazole rings is 1. The molecule has 7 nitrogen and oxygen atoms in total. The zero-order valence-electron chi connectivity index (χ0n) is 15.5. The summed E-state index contributed by atoms with van der Waals surface area (Å²) in [4.78, 5) is 13.5. The molecule has 3 heterocycles. The first kappa shape index (κ1) is 17.1. The van der Waals surface area contributed by atoms with Crippen LogP contribution in [-0.4, -0.2) is 29.3 Å². The van der Waals surface area contributed by atoms with Crippen LogP contribution in [0.25, 0.3) is 11.3 Å². The third-order valence-electron chi connectivity index (χ3n) is 4.59. The van der Waals surface area contributed by atoms with E-state index in [1.54, 1.807) is 6.20 Å². The van der Waals surface area contributed by atoms with Gasteiger partial charge in [-0.05, 0) is 33.3 Å². The van der Waals surface area contributed by atoms with Crippen molar-refractivity contribution in [3.63, 3.8) is 0 Å². The number of rotatable bonds is 6. The number of nitrogens with zero attached hydrogens (tertiary/aromatic N) is 6. The van der Waals surface area contributed by atoms with Crippen LogP contribution in [0, 0.1) is 20.8 Å². The molecule has 0 radical (unpaired) electrons. The Kier molecular flexibility index (Phi) is 4.83. The van der Waals surface area contributed by atoms with Gasteiger partial charge in [-0.2, -0.15) is 5.10 Å². The molecule has 3 aromatic heterocycles. The van der Waals surface area contributed by atoms with Crippen LogP contribution in [0.3, 0.4) is 0 Å². The van der Waals surface area contributed by atoms with E-state index in [0.29, 0.717) is 12.5 Å². The molecule has 0 saturated carbocycles. The average molecular weight is 339 g/mol. The van der Waals surface area contributed by atoms with E-state index in [-0.39, 0.29) is 0 Å². The van der Waals surface area contributed by atoms with Crippen molar-refractivity contribution in [3.05, 3.63) is 41.4 Å². The smallest absolute Gasteiger partial charge is 0.223 e. The molecule has 1 N–H and O–H groups in total. The molecule has 0 fully saturated rings. The highest BCUT2D eigenvalue weighted by molar-refractivity contribution is 5.61. The molecule has 0 amide bonds. The van der Waals surface area contributed by atoms with Crippen LogP contribution < -0.4 is 5.32 Å². The number of hydrogen-bond donors (Lipinski definition) is 1. The second-order valence-electron chi connectivity index (χ2n) is 6.24. The van der Waals surface area contributed by atoms with Gasteiger partial charge in [-0.15, -0.1) is 0 Å². The monoisotopic (exact) mass is 339 g/mol. The van der Waals surface area contributed by atoms with Crippen molar-refractivity contribution >= 4 is 5.95 Å². The second-order valence-corrected chi connectivity index (χ2v) is 6.24. The first-order valence-electron chi connectivity index (χ1n) is 8.59. The van der Waals surface area contributed by atoms with Crippen molar-refractivity contribution in [2.24, 2.45) is 7.05 Å². The molecule has 0 unspecified atom stereocenters. The van der Waals surface area contributed by atoms with Crippen molar-refractivity contribution in [1.82, 2.24) is 29.3 Å². The summed E-state index contributed by atoms with van der Waals surface area (Å²) in [5.74, 6) is 1.56. The molecule has 0 saturated heterocycles. The van der Waals surface area contributed by atoms with E-state index in [0.717, 1.165) is 41.4 Å². The van der Waals surface area contributed by atoms with Crippen LogP contribution in [0.15, 0.2) is 18.5 Å². The summed E-state index contributed by atoms with van der Waals surface area (Å²) in [6.07, 6.45) is 4.71. The summed E-state index contributed by atoms with van der Waals surface area (Å²) in [7, 11) is 2.02. The predicted molar refractivity (Wildman–Crippen MR) is 98.3 cm³/mol. The quantitative estimate of drug-likeness (QED) is 0.747. The Morgan fingerprint density at radius 2 is 1.92 bits per heavy atom. The molecule has 3 aromatic rings. The molecule has 3 rings (SSSR count). The minimum Gasteiger partial charge on any atom is -0.347 e. The fourth-order valence-corrected chi connectivity index (χ4v) is 2.83. The Bertz CT molecular complexity index is 876. The molecule has 132 valence electrons. The third kappa shape index (κ3) is 3.40. The van der Waals surface area contributed by atoms with E-state index in [2.05, 4.69) is 50.7 Å². The summed E-state index contributed by atoms with van der Waals surface area (Å²) in [6, 6.07) is 1.92. The van der Waals surface area contributed by atoms with Gasteiger partial charge in [0.15, 0.2) is 0 Å². The summed E-state index contributed by atoms with van der Waals surface area (Å²) >= 11 is 0. The molecule has 25 heavy (non-hydrogen) atoms. The van der Waals surface area contributed by atoms with Crippen LogP contribution >= 0.6 is 0 Å². The number of aryl methyl sites for hydroxylation is 2. The summed E-state index contributed by atoms with van der Waals surface area (Å²) in [5, 5.41) is 7.72. The molecule has 0 aliphatic heterocycles. The molecule has 0 aromatic carbocycles.